The Morgan fingerprint density at radius 3 is 2.89 bits per heavy atom. The number of likely N-dealkylation sites (tertiary alicyclic amines) is 1. The Balaban J connectivity index is 1.41. The summed E-state index contributed by atoms with van der Waals surface area (Å²) in [6.45, 7) is 7.03. The second kappa shape index (κ2) is 9.34. The maximum absolute atomic E-state index is 11.9. The Morgan fingerprint density at radius 2 is 2.11 bits per heavy atom. The van der Waals surface area contributed by atoms with Gasteiger partial charge in [-0.2, -0.15) is 13.5 Å². The Morgan fingerprint density at radius 1 is 1.31 bits per heavy atom. The van der Waals surface area contributed by atoms with Crippen LogP contribution < -0.4 is 15.2 Å². The molecule has 1 saturated heterocycles. The number of aliphatic hydroxyl groups excluding tert-OH is 1. The quantitative estimate of drug-likeness (QED) is 0.456. The summed E-state index contributed by atoms with van der Waals surface area (Å²) < 4.78 is 37.7. The number of aliphatic hydroxyl groups is 1. The van der Waals surface area contributed by atoms with Crippen LogP contribution in [0.5, 0.6) is 5.75 Å². The van der Waals surface area contributed by atoms with Crippen LogP contribution in [0.2, 0.25) is 0 Å². The lowest BCUT2D eigenvalue weighted by molar-refractivity contribution is -0.0534. The third-order valence-electron chi connectivity index (χ3n) is 6.65. The van der Waals surface area contributed by atoms with E-state index in [-0.39, 0.29) is 17.9 Å². The number of anilines is 1. The summed E-state index contributed by atoms with van der Waals surface area (Å²) in [5.41, 5.74) is 9.06. The summed E-state index contributed by atoms with van der Waals surface area (Å²) in [4.78, 5) is 6.73. The van der Waals surface area contributed by atoms with Crippen LogP contribution in [0.3, 0.4) is 0 Å². The third-order valence-corrected chi connectivity index (χ3v) is 7.57. The van der Waals surface area contributed by atoms with Crippen LogP contribution in [0.4, 0.5) is 5.69 Å². The number of amidine groups is 1. The molecule has 1 fully saturated rings. The van der Waals surface area contributed by atoms with Crippen LogP contribution in [0, 0.1) is 6.92 Å². The first kappa shape index (κ1) is 24.5. The fourth-order valence-electron chi connectivity index (χ4n) is 4.99. The Hall–Kier alpha value is -3.22. The predicted octanol–water partition coefficient (Wildman–Crippen LogP) is 2.62. The van der Waals surface area contributed by atoms with Crippen molar-refractivity contribution in [3.8, 4) is 5.75 Å². The van der Waals surface area contributed by atoms with Crippen molar-refractivity contribution >= 4 is 32.8 Å². The molecule has 36 heavy (non-hydrogen) atoms. The molecular formula is C24H31N7O4S. The van der Waals surface area contributed by atoms with Crippen LogP contribution in [0.1, 0.15) is 62.2 Å². The smallest absolute Gasteiger partial charge is 0.344 e. The van der Waals surface area contributed by atoms with E-state index in [4.69, 9.17) is 10.5 Å². The van der Waals surface area contributed by atoms with Crippen molar-refractivity contribution in [1.29, 1.82) is 0 Å². The molecule has 2 aliphatic heterocycles. The minimum atomic E-state index is -3.87. The van der Waals surface area contributed by atoms with Gasteiger partial charge >= 0.3 is 10.2 Å². The van der Waals surface area contributed by atoms with Gasteiger partial charge < -0.3 is 15.6 Å². The fraction of sp³-hybridized carbons (Fsp3) is 0.458. The zero-order valence-electron chi connectivity index (χ0n) is 20.5. The number of benzene rings is 1. The minimum Gasteiger partial charge on any atom is -0.491 e. The monoisotopic (exact) mass is 513 g/mol. The van der Waals surface area contributed by atoms with Gasteiger partial charge in [-0.25, -0.2) is 9.67 Å². The number of hydrogen-bond acceptors (Lipinski definition) is 8. The second-order valence-corrected chi connectivity index (χ2v) is 10.9. The lowest BCUT2D eigenvalue weighted by Gasteiger charge is -2.39. The zero-order valence-corrected chi connectivity index (χ0v) is 21.4. The first-order valence-electron chi connectivity index (χ1n) is 12.1. The van der Waals surface area contributed by atoms with Gasteiger partial charge in [0.15, 0.2) is 11.5 Å². The molecule has 4 N–H and O–H groups in total. The van der Waals surface area contributed by atoms with Gasteiger partial charge in [0.25, 0.3) is 0 Å². The highest BCUT2D eigenvalue weighted by Gasteiger charge is 2.32. The van der Waals surface area contributed by atoms with Gasteiger partial charge in [0, 0.05) is 35.3 Å². The average molecular weight is 514 g/mol. The van der Waals surface area contributed by atoms with E-state index in [9.17, 15) is 13.5 Å². The standard InChI is InChI=1S/C24H31N7O4S/c1-14(2)31-23-18(12-26-31)17(11-15(3)27-23)24(32)30-10-5-4-7-16(30)13-35-20-9-6-8-19-21(20)22(25)29-36(33,34)28-19/h6,8-9,11-12,14,16,24,28,32H,4-5,7,10,13H2,1-3H3,(H2,25,29)/t16-,24?/m1/s1. The van der Waals surface area contributed by atoms with Gasteiger partial charge in [0.1, 0.15) is 18.6 Å². The lowest BCUT2D eigenvalue weighted by Crippen LogP contribution is -2.45. The summed E-state index contributed by atoms with van der Waals surface area (Å²) in [5, 5.41) is 16.9. The molecule has 2 aliphatic rings. The van der Waals surface area contributed by atoms with Crippen molar-refractivity contribution in [3.63, 3.8) is 0 Å². The SMILES string of the molecule is Cc1cc(C(O)N2CCCC[C@@H]2COc2cccc3c2C(N)=NS(=O)(=O)N3)c2cnn(C(C)C)c2n1. The Labute approximate surface area is 210 Å². The van der Waals surface area contributed by atoms with Crippen LogP contribution >= 0.6 is 0 Å². The van der Waals surface area contributed by atoms with Crippen molar-refractivity contribution in [1.82, 2.24) is 19.7 Å². The molecule has 12 heteroatoms. The van der Waals surface area contributed by atoms with Crippen molar-refractivity contribution in [2.24, 2.45) is 10.1 Å². The lowest BCUT2D eigenvalue weighted by atomic mass is 10.00. The highest BCUT2D eigenvalue weighted by molar-refractivity contribution is 7.91. The number of nitrogens with two attached hydrogens (primary N) is 1. The molecule has 11 nitrogen and oxygen atoms in total. The molecule has 1 aromatic carbocycles. The molecule has 0 bridgehead atoms. The molecule has 0 radical (unpaired) electrons. The number of hydrogen-bond donors (Lipinski definition) is 3. The van der Waals surface area contributed by atoms with E-state index in [1.54, 1.807) is 24.4 Å². The Kier molecular flexibility index (Phi) is 6.35. The summed E-state index contributed by atoms with van der Waals surface area (Å²) in [6.07, 6.45) is 3.75. The molecular weight excluding hydrogens is 482 g/mol. The highest BCUT2D eigenvalue weighted by Crippen LogP contribution is 2.34. The number of nitrogens with zero attached hydrogens (tertiary/aromatic N) is 5. The second-order valence-electron chi connectivity index (χ2n) is 9.58. The van der Waals surface area contributed by atoms with Gasteiger partial charge in [-0.05, 0) is 51.8 Å². The minimum absolute atomic E-state index is 0.0632. The molecule has 0 amide bonds. The number of rotatable bonds is 6. The maximum Gasteiger partial charge on any atom is 0.344 e. The van der Waals surface area contributed by atoms with Gasteiger partial charge in [-0.3, -0.25) is 9.62 Å². The molecule has 0 aliphatic carbocycles. The summed E-state index contributed by atoms with van der Waals surface area (Å²) >= 11 is 0. The van der Waals surface area contributed by atoms with Gasteiger partial charge in [-0.15, -0.1) is 4.40 Å². The number of piperidine rings is 1. The number of nitrogens with one attached hydrogen (secondary N) is 1. The van der Waals surface area contributed by atoms with Crippen molar-refractivity contribution in [2.45, 2.75) is 58.3 Å². The van der Waals surface area contributed by atoms with Gasteiger partial charge in [0.2, 0.25) is 0 Å². The molecule has 0 saturated carbocycles. The fourth-order valence-corrected chi connectivity index (χ4v) is 5.83. The van der Waals surface area contributed by atoms with E-state index in [1.807, 2.05) is 17.7 Å². The summed E-state index contributed by atoms with van der Waals surface area (Å²) in [7, 11) is -3.87. The molecule has 2 aromatic heterocycles. The van der Waals surface area contributed by atoms with E-state index < -0.39 is 16.4 Å². The molecule has 2 atom stereocenters. The Bertz CT molecular complexity index is 1430. The largest absolute Gasteiger partial charge is 0.491 e. The highest BCUT2D eigenvalue weighted by atomic mass is 32.2. The van der Waals surface area contributed by atoms with Crippen molar-refractivity contribution in [2.75, 3.05) is 17.9 Å². The number of aryl methyl sites for hydroxylation is 1. The first-order chi connectivity index (χ1) is 17.1. The van der Waals surface area contributed by atoms with Crippen LogP contribution in [-0.4, -0.2) is 58.2 Å². The van der Waals surface area contributed by atoms with Gasteiger partial charge in [0.05, 0.1) is 17.4 Å². The summed E-state index contributed by atoms with van der Waals surface area (Å²) in [5.74, 6) is 0.327. The number of aromatic nitrogens is 3. The predicted molar refractivity (Wildman–Crippen MR) is 137 cm³/mol. The van der Waals surface area contributed by atoms with E-state index in [1.165, 1.54) is 0 Å². The van der Waals surface area contributed by atoms with E-state index in [0.717, 1.165) is 41.6 Å². The van der Waals surface area contributed by atoms with E-state index >= 15 is 0 Å². The van der Waals surface area contributed by atoms with Crippen LogP contribution in [-0.2, 0) is 10.2 Å². The van der Waals surface area contributed by atoms with E-state index in [0.29, 0.717) is 30.2 Å². The van der Waals surface area contributed by atoms with Crippen molar-refractivity contribution in [3.05, 3.63) is 47.3 Å². The van der Waals surface area contributed by atoms with Gasteiger partial charge in [-0.1, -0.05) is 12.5 Å². The average Bonchev–Trinajstić information content (AvgIpc) is 3.25. The number of ether oxygens (including phenoxy) is 1. The maximum atomic E-state index is 11.9. The zero-order chi connectivity index (χ0) is 25.6. The molecule has 4 heterocycles. The number of fused-ring (bicyclic) bond motifs is 2. The van der Waals surface area contributed by atoms with Crippen molar-refractivity contribution < 1.29 is 18.3 Å². The summed E-state index contributed by atoms with van der Waals surface area (Å²) in [6, 6.07) is 7.06. The van der Waals surface area contributed by atoms with E-state index in [2.05, 4.69) is 37.9 Å². The first-order valence-corrected chi connectivity index (χ1v) is 13.5. The third kappa shape index (κ3) is 4.51. The molecule has 1 unspecified atom stereocenters. The van der Waals surface area contributed by atoms with Crippen LogP contribution in [0.25, 0.3) is 11.0 Å². The number of pyridine rings is 1. The molecule has 0 spiro atoms. The van der Waals surface area contributed by atoms with Crippen LogP contribution in [0.15, 0.2) is 34.9 Å². The molecule has 192 valence electrons. The normalized spacial score (nSPS) is 20.6. The topological polar surface area (TPSA) is 148 Å². The molecule has 5 rings (SSSR count). The molecule has 3 aromatic rings.